The van der Waals surface area contributed by atoms with Crippen molar-refractivity contribution in [1.82, 2.24) is 15.5 Å². The molecule has 1 aromatic heterocycles. The summed E-state index contributed by atoms with van der Waals surface area (Å²) in [4.78, 5) is 15.7. The SMILES string of the molecule is Cc1noc(CNC(=O)c2cccc(C)c2F)n1. The van der Waals surface area contributed by atoms with Gasteiger partial charge in [-0.3, -0.25) is 4.79 Å². The number of carbonyl (C=O) groups is 1. The molecule has 2 aromatic rings. The Labute approximate surface area is 103 Å². The smallest absolute Gasteiger partial charge is 0.254 e. The zero-order chi connectivity index (χ0) is 13.1. The van der Waals surface area contributed by atoms with Gasteiger partial charge in [0.05, 0.1) is 12.1 Å². The van der Waals surface area contributed by atoms with Gasteiger partial charge in [-0.25, -0.2) is 4.39 Å². The van der Waals surface area contributed by atoms with E-state index in [4.69, 9.17) is 4.52 Å². The first-order valence-electron chi connectivity index (χ1n) is 5.40. The number of hydrogen-bond acceptors (Lipinski definition) is 4. The monoisotopic (exact) mass is 249 g/mol. The van der Waals surface area contributed by atoms with E-state index in [2.05, 4.69) is 15.5 Å². The first kappa shape index (κ1) is 12.2. The largest absolute Gasteiger partial charge is 0.343 e. The second-order valence-corrected chi connectivity index (χ2v) is 3.85. The number of halogens is 1. The molecule has 0 spiro atoms. The van der Waals surface area contributed by atoms with E-state index in [-0.39, 0.29) is 18.0 Å². The quantitative estimate of drug-likeness (QED) is 0.899. The summed E-state index contributed by atoms with van der Waals surface area (Å²) in [5.41, 5.74) is 0.433. The molecule has 0 unspecified atom stereocenters. The lowest BCUT2D eigenvalue weighted by molar-refractivity contribution is 0.0942. The average molecular weight is 249 g/mol. The number of nitrogens with zero attached hydrogens (tertiary/aromatic N) is 2. The van der Waals surface area contributed by atoms with E-state index in [1.165, 1.54) is 6.07 Å². The highest BCUT2D eigenvalue weighted by Gasteiger charge is 2.13. The minimum atomic E-state index is -0.517. The van der Waals surface area contributed by atoms with Crippen LogP contribution in [0.25, 0.3) is 0 Å². The fourth-order valence-corrected chi connectivity index (χ4v) is 1.49. The van der Waals surface area contributed by atoms with Crippen molar-refractivity contribution in [1.29, 1.82) is 0 Å². The van der Waals surface area contributed by atoms with Crippen molar-refractivity contribution in [3.63, 3.8) is 0 Å². The molecule has 94 valence electrons. The minimum Gasteiger partial charge on any atom is -0.343 e. The van der Waals surface area contributed by atoms with Crippen LogP contribution < -0.4 is 5.32 Å². The molecular formula is C12H12FN3O2. The number of aromatic nitrogens is 2. The summed E-state index contributed by atoms with van der Waals surface area (Å²) in [6.07, 6.45) is 0. The van der Waals surface area contributed by atoms with Crippen molar-refractivity contribution in [3.05, 3.63) is 46.9 Å². The molecule has 6 heteroatoms. The molecule has 18 heavy (non-hydrogen) atoms. The van der Waals surface area contributed by atoms with Gasteiger partial charge >= 0.3 is 0 Å². The molecule has 0 aliphatic rings. The topological polar surface area (TPSA) is 68.0 Å². The second-order valence-electron chi connectivity index (χ2n) is 3.85. The summed E-state index contributed by atoms with van der Waals surface area (Å²) in [6.45, 7) is 3.36. The van der Waals surface area contributed by atoms with E-state index in [0.29, 0.717) is 11.4 Å². The molecule has 0 aliphatic carbocycles. The Kier molecular flexibility index (Phi) is 3.36. The first-order valence-corrected chi connectivity index (χ1v) is 5.40. The summed E-state index contributed by atoms with van der Waals surface area (Å²) in [6, 6.07) is 4.66. The van der Waals surface area contributed by atoms with E-state index in [1.807, 2.05) is 0 Å². The van der Waals surface area contributed by atoms with E-state index in [1.54, 1.807) is 26.0 Å². The fraction of sp³-hybridized carbons (Fsp3) is 0.250. The van der Waals surface area contributed by atoms with Gasteiger partial charge in [-0.05, 0) is 25.5 Å². The van der Waals surface area contributed by atoms with Crippen molar-refractivity contribution < 1.29 is 13.7 Å². The zero-order valence-electron chi connectivity index (χ0n) is 10.0. The molecule has 0 saturated heterocycles. The molecule has 0 radical (unpaired) electrons. The fourth-order valence-electron chi connectivity index (χ4n) is 1.49. The van der Waals surface area contributed by atoms with Gasteiger partial charge < -0.3 is 9.84 Å². The highest BCUT2D eigenvalue weighted by molar-refractivity contribution is 5.94. The molecule has 2 rings (SSSR count). The molecule has 1 N–H and O–H groups in total. The first-order chi connectivity index (χ1) is 8.58. The summed E-state index contributed by atoms with van der Waals surface area (Å²) >= 11 is 0. The summed E-state index contributed by atoms with van der Waals surface area (Å²) in [5, 5.41) is 6.11. The lowest BCUT2D eigenvalue weighted by Gasteiger charge is -2.05. The van der Waals surface area contributed by atoms with Crippen LogP contribution in [0.4, 0.5) is 4.39 Å². The Morgan fingerprint density at radius 2 is 2.22 bits per heavy atom. The van der Waals surface area contributed by atoms with Crippen molar-refractivity contribution in [2.75, 3.05) is 0 Å². The maximum Gasteiger partial charge on any atom is 0.254 e. The van der Waals surface area contributed by atoms with E-state index in [9.17, 15) is 9.18 Å². The van der Waals surface area contributed by atoms with Gasteiger partial charge in [-0.2, -0.15) is 4.98 Å². The molecule has 0 bridgehead atoms. The Morgan fingerprint density at radius 1 is 1.44 bits per heavy atom. The highest BCUT2D eigenvalue weighted by atomic mass is 19.1. The average Bonchev–Trinajstić information content (AvgIpc) is 2.76. The second kappa shape index (κ2) is 4.95. The van der Waals surface area contributed by atoms with Gasteiger partial charge in [0, 0.05) is 0 Å². The van der Waals surface area contributed by atoms with E-state index >= 15 is 0 Å². The zero-order valence-corrected chi connectivity index (χ0v) is 10.0. The van der Waals surface area contributed by atoms with Crippen LogP contribution in [0.15, 0.2) is 22.7 Å². The van der Waals surface area contributed by atoms with Gasteiger partial charge in [-0.1, -0.05) is 17.3 Å². The van der Waals surface area contributed by atoms with Gasteiger partial charge in [0.25, 0.3) is 5.91 Å². The lowest BCUT2D eigenvalue weighted by atomic mass is 10.1. The molecule has 5 nitrogen and oxygen atoms in total. The number of hydrogen-bond donors (Lipinski definition) is 1. The number of amides is 1. The number of rotatable bonds is 3. The van der Waals surface area contributed by atoms with Crippen molar-refractivity contribution in [2.45, 2.75) is 20.4 Å². The highest BCUT2D eigenvalue weighted by Crippen LogP contribution is 2.11. The van der Waals surface area contributed by atoms with Crippen molar-refractivity contribution in [2.24, 2.45) is 0 Å². The molecule has 1 heterocycles. The van der Waals surface area contributed by atoms with Crippen LogP contribution in [-0.4, -0.2) is 16.0 Å². The van der Waals surface area contributed by atoms with Crippen molar-refractivity contribution >= 4 is 5.91 Å². The molecule has 0 atom stereocenters. The standard InChI is InChI=1S/C12H12FN3O2/c1-7-4-3-5-9(11(7)13)12(17)14-6-10-15-8(2)16-18-10/h3-5H,6H2,1-2H3,(H,14,17). The van der Waals surface area contributed by atoms with Crippen LogP contribution in [0.1, 0.15) is 27.6 Å². The Balaban J connectivity index is 2.06. The molecule has 1 aromatic carbocycles. The summed E-state index contributed by atoms with van der Waals surface area (Å²) in [5.74, 6) is -0.251. The van der Waals surface area contributed by atoms with E-state index in [0.717, 1.165) is 0 Å². The van der Waals surface area contributed by atoms with Gasteiger partial charge in [-0.15, -0.1) is 0 Å². The van der Waals surface area contributed by atoms with Gasteiger partial charge in [0.2, 0.25) is 5.89 Å². The number of carbonyl (C=O) groups excluding carboxylic acids is 1. The van der Waals surface area contributed by atoms with Crippen LogP contribution >= 0.6 is 0 Å². The molecule has 0 aliphatic heterocycles. The maximum absolute atomic E-state index is 13.7. The predicted molar refractivity (Wildman–Crippen MR) is 61.3 cm³/mol. The third-order valence-electron chi connectivity index (χ3n) is 2.41. The minimum absolute atomic E-state index is 0.00578. The maximum atomic E-state index is 13.7. The predicted octanol–water partition coefficient (Wildman–Crippen LogP) is 1.76. The molecular weight excluding hydrogens is 237 g/mol. The summed E-state index contributed by atoms with van der Waals surface area (Å²) < 4.78 is 18.5. The lowest BCUT2D eigenvalue weighted by Crippen LogP contribution is -2.24. The number of aryl methyl sites for hydroxylation is 2. The molecule has 0 fully saturated rings. The number of nitrogens with one attached hydrogen (secondary N) is 1. The molecule has 0 saturated carbocycles. The van der Waals surface area contributed by atoms with Crippen LogP contribution in [0.2, 0.25) is 0 Å². The Bertz CT molecular complexity index is 580. The Hall–Kier alpha value is -2.24. The third-order valence-corrected chi connectivity index (χ3v) is 2.41. The normalized spacial score (nSPS) is 10.4. The third kappa shape index (κ3) is 2.53. The number of benzene rings is 1. The molecule has 1 amide bonds. The Morgan fingerprint density at radius 3 is 2.89 bits per heavy atom. The van der Waals surface area contributed by atoms with Crippen LogP contribution in [0.5, 0.6) is 0 Å². The van der Waals surface area contributed by atoms with Crippen LogP contribution in [0, 0.1) is 19.7 Å². The van der Waals surface area contributed by atoms with Crippen LogP contribution in [-0.2, 0) is 6.54 Å². The van der Waals surface area contributed by atoms with Gasteiger partial charge in [0.15, 0.2) is 5.82 Å². The van der Waals surface area contributed by atoms with Gasteiger partial charge in [0.1, 0.15) is 5.82 Å². The van der Waals surface area contributed by atoms with Crippen LogP contribution in [0.3, 0.4) is 0 Å². The van der Waals surface area contributed by atoms with Crippen molar-refractivity contribution in [3.8, 4) is 0 Å². The summed E-state index contributed by atoms with van der Waals surface area (Å²) in [7, 11) is 0. The van der Waals surface area contributed by atoms with E-state index < -0.39 is 11.7 Å².